The molecule has 30 heavy (non-hydrogen) atoms. The molecule has 0 aliphatic carbocycles. The number of carbonyl (C=O) groups excluding carboxylic acids is 1. The van der Waals surface area contributed by atoms with Crippen molar-refractivity contribution in [2.45, 2.75) is 45.6 Å². The van der Waals surface area contributed by atoms with Gasteiger partial charge in [-0.2, -0.15) is 0 Å². The normalized spacial score (nSPS) is 18.5. The summed E-state index contributed by atoms with van der Waals surface area (Å²) in [7, 11) is 1.96. The van der Waals surface area contributed by atoms with Crippen LogP contribution in [0.4, 0.5) is 4.39 Å². The number of halogens is 1. The van der Waals surface area contributed by atoms with Crippen LogP contribution in [0.15, 0.2) is 24.3 Å². The van der Waals surface area contributed by atoms with E-state index in [1.165, 1.54) is 6.07 Å². The molecule has 0 saturated carbocycles. The predicted octanol–water partition coefficient (Wildman–Crippen LogP) is 4.63. The van der Waals surface area contributed by atoms with Gasteiger partial charge in [0.25, 0.3) is 5.91 Å². The highest BCUT2D eigenvalue weighted by molar-refractivity contribution is 6.01. The highest BCUT2D eigenvalue weighted by Crippen LogP contribution is 2.42. The highest BCUT2D eigenvalue weighted by atomic mass is 19.1. The van der Waals surface area contributed by atoms with Gasteiger partial charge in [-0.3, -0.25) is 4.79 Å². The lowest BCUT2D eigenvalue weighted by atomic mass is 9.91. The van der Waals surface area contributed by atoms with Crippen molar-refractivity contribution in [1.82, 2.24) is 14.5 Å². The number of imidazole rings is 1. The maximum Gasteiger partial charge on any atom is 0.254 e. The Hall–Kier alpha value is -2.89. The smallest absolute Gasteiger partial charge is 0.254 e. The molecule has 1 aromatic heterocycles. The van der Waals surface area contributed by atoms with Crippen molar-refractivity contribution in [2.75, 3.05) is 13.1 Å². The Bertz CT molecular complexity index is 1160. The summed E-state index contributed by atoms with van der Waals surface area (Å²) in [5.74, 6) is 1.43. The number of ether oxygens (including phenoxy) is 1. The molecule has 6 heteroatoms. The first-order valence-corrected chi connectivity index (χ1v) is 10.6. The second-order valence-corrected chi connectivity index (χ2v) is 8.46. The zero-order valence-corrected chi connectivity index (χ0v) is 17.7. The average Bonchev–Trinajstić information content (AvgIpc) is 3.36. The van der Waals surface area contributed by atoms with E-state index in [1.807, 2.05) is 36.4 Å². The van der Waals surface area contributed by atoms with Crippen LogP contribution in [0.1, 0.15) is 58.2 Å². The maximum absolute atomic E-state index is 13.6. The van der Waals surface area contributed by atoms with Crippen molar-refractivity contribution in [3.63, 3.8) is 0 Å². The van der Waals surface area contributed by atoms with Crippen molar-refractivity contribution < 1.29 is 13.9 Å². The van der Waals surface area contributed by atoms with Crippen LogP contribution in [0.2, 0.25) is 0 Å². The molecule has 1 saturated heterocycles. The number of amides is 1. The minimum Gasteiger partial charge on any atom is -0.483 e. The molecular formula is C24H26FN3O2. The van der Waals surface area contributed by atoms with Gasteiger partial charge in [-0.25, -0.2) is 9.37 Å². The number of carbonyl (C=O) groups is 1. The van der Waals surface area contributed by atoms with Crippen LogP contribution in [0.25, 0.3) is 11.0 Å². The van der Waals surface area contributed by atoms with Crippen LogP contribution in [0.3, 0.4) is 0 Å². The maximum atomic E-state index is 13.6. The van der Waals surface area contributed by atoms with E-state index < -0.39 is 0 Å². The fourth-order valence-corrected chi connectivity index (χ4v) is 4.80. The first-order chi connectivity index (χ1) is 14.4. The topological polar surface area (TPSA) is 47.4 Å². The molecule has 1 fully saturated rings. The molecule has 0 spiro atoms. The number of hydrogen-bond donors (Lipinski definition) is 0. The van der Waals surface area contributed by atoms with Gasteiger partial charge in [-0.15, -0.1) is 0 Å². The third kappa shape index (κ3) is 2.97. The van der Waals surface area contributed by atoms with Crippen LogP contribution >= 0.6 is 0 Å². The monoisotopic (exact) mass is 407 g/mol. The Morgan fingerprint density at radius 2 is 1.97 bits per heavy atom. The van der Waals surface area contributed by atoms with Gasteiger partial charge in [0.1, 0.15) is 23.3 Å². The molecule has 0 radical (unpaired) electrons. The summed E-state index contributed by atoms with van der Waals surface area (Å²) in [4.78, 5) is 20.0. The van der Waals surface area contributed by atoms with Gasteiger partial charge < -0.3 is 14.2 Å². The molecule has 3 heterocycles. The Kier molecular flexibility index (Phi) is 4.53. The van der Waals surface area contributed by atoms with Gasteiger partial charge in [-0.05, 0) is 68.9 Å². The Morgan fingerprint density at radius 3 is 2.70 bits per heavy atom. The molecule has 2 aliphatic heterocycles. The summed E-state index contributed by atoms with van der Waals surface area (Å²) in [6, 6.07) is 6.82. The Labute approximate surface area is 175 Å². The average molecular weight is 407 g/mol. The van der Waals surface area contributed by atoms with Crippen LogP contribution in [-0.4, -0.2) is 33.4 Å². The van der Waals surface area contributed by atoms with Crippen LogP contribution < -0.4 is 4.74 Å². The minimum absolute atomic E-state index is 0.0875. The molecule has 1 atom stereocenters. The zero-order valence-electron chi connectivity index (χ0n) is 17.7. The first kappa shape index (κ1) is 19.1. The van der Waals surface area contributed by atoms with E-state index in [0.29, 0.717) is 5.75 Å². The van der Waals surface area contributed by atoms with Gasteiger partial charge in [0.2, 0.25) is 0 Å². The highest BCUT2D eigenvalue weighted by Gasteiger charge is 2.32. The van der Waals surface area contributed by atoms with Crippen LogP contribution in [0, 0.1) is 19.7 Å². The fraction of sp³-hybridized carbons (Fsp3) is 0.417. The van der Waals surface area contributed by atoms with Crippen molar-refractivity contribution in [1.29, 1.82) is 0 Å². The van der Waals surface area contributed by atoms with Gasteiger partial charge in [0.15, 0.2) is 5.75 Å². The molecule has 3 aromatic rings. The van der Waals surface area contributed by atoms with Crippen molar-refractivity contribution in [3.05, 3.63) is 58.2 Å². The zero-order chi connectivity index (χ0) is 21.0. The van der Waals surface area contributed by atoms with E-state index in [2.05, 4.69) is 0 Å². The molecule has 2 aliphatic rings. The fourth-order valence-electron chi connectivity index (χ4n) is 4.80. The lowest BCUT2D eigenvalue weighted by Gasteiger charge is -2.30. The summed E-state index contributed by atoms with van der Waals surface area (Å²) in [5.41, 5.74) is 5.25. The number of fused-ring (bicyclic) bond motifs is 3. The third-order valence-electron chi connectivity index (χ3n) is 6.58. The summed E-state index contributed by atoms with van der Waals surface area (Å²) in [6.07, 6.45) is 3.42. The molecule has 0 bridgehead atoms. The lowest BCUT2D eigenvalue weighted by Crippen LogP contribution is -2.29. The van der Waals surface area contributed by atoms with E-state index in [1.54, 1.807) is 12.1 Å². The van der Waals surface area contributed by atoms with Gasteiger partial charge >= 0.3 is 0 Å². The third-order valence-corrected chi connectivity index (χ3v) is 6.58. The number of aromatic nitrogens is 2. The van der Waals surface area contributed by atoms with E-state index in [-0.39, 0.29) is 17.8 Å². The molecule has 0 unspecified atom stereocenters. The first-order valence-electron chi connectivity index (χ1n) is 10.6. The second kappa shape index (κ2) is 7.11. The molecule has 5 nitrogen and oxygen atoms in total. The molecule has 0 N–H and O–H groups in total. The van der Waals surface area contributed by atoms with Crippen LogP contribution in [-0.2, 0) is 13.5 Å². The number of benzene rings is 2. The standard InChI is InChI=1S/C24H26FN3O2/c1-14-12-16(25)6-7-17(14)21-9-8-18-19(24(29)28-10-4-5-11-28)13-20-22(23(18)30-21)26-15(2)27(20)3/h6-7,12-13,21H,4-5,8-11H2,1-3H3/t21-/m0/s1. The van der Waals surface area contributed by atoms with E-state index in [9.17, 15) is 9.18 Å². The quantitative estimate of drug-likeness (QED) is 0.622. The predicted molar refractivity (Wildman–Crippen MR) is 113 cm³/mol. The number of rotatable bonds is 2. The molecule has 2 aromatic carbocycles. The Balaban J connectivity index is 1.64. The Morgan fingerprint density at radius 1 is 1.20 bits per heavy atom. The second-order valence-electron chi connectivity index (χ2n) is 8.46. The molecule has 1 amide bonds. The number of likely N-dealkylation sites (tertiary alicyclic amines) is 1. The lowest BCUT2D eigenvalue weighted by molar-refractivity contribution is 0.0789. The molecule has 5 rings (SSSR count). The van der Waals surface area contributed by atoms with Gasteiger partial charge in [0.05, 0.1) is 5.52 Å². The largest absolute Gasteiger partial charge is 0.483 e. The number of nitrogens with zero attached hydrogens (tertiary/aromatic N) is 3. The van der Waals surface area contributed by atoms with E-state index in [4.69, 9.17) is 9.72 Å². The van der Waals surface area contributed by atoms with Gasteiger partial charge in [0, 0.05) is 31.3 Å². The van der Waals surface area contributed by atoms with E-state index in [0.717, 1.165) is 77.9 Å². The van der Waals surface area contributed by atoms with Gasteiger partial charge in [-0.1, -0.05) is 6.07 Å². The summed E-state index contributed by atoms with van der Waals surface area (Å²) in [6.45, 7) is 5.49. The SMILES string of the molecule is Cc1cc(F)ccc1[C@@H]1CCc2c(C(=O)N3CCCC3)cc3c(nc(C)n3C)c2O1. The van der Waals surface area contributed by atoms with Crippen molar-refractivity contribution in [3.8, 4) is 5.75 Å². The van der Waals surface area contributed by atoms with E-state index >= 15 is 0 Å². The molecular weight excluding hydrogens is 381 g/mol. The number of hydrogen-bond acceptors (Lipinski definition) is 3. The summed E-state index contributed by atoms with van der Waals surface area (Å²) in [5, 5.41) is 0. The van der Waals surface area contributed by atoms with Crippen LogP contribution in [0.5, 0.6) is 5.75 Å². The number of aryl methyl sites for hydroxylation is 3. The molecule has 156 valence electrons. The van der Waals surface area contributed by atoms with Crippen molar-refractivity contribution >= 4 is 16.9 Å². The van der Waals surface area contributed by atoms with Crippen molar-refractivity contribution in [2.24, 2.45) is 7.05 Å². The summed E-state index contributed by atoms with van der Waals surface area (Å²) < 4.78 is 22.1. The summed E-state index contributed by atoms with van der Waals surface area (Å²) >= 11 is 0. The minimum atomic E-state index is -0.242.